The van der Waals surface area contributed by atoms with Crippen LogP contribution >= 0.6 is 0 Å². The van der Waals surface area contributed by atoms with E-state index in [0.29, 0.717) is 0 Å². The van der Waals surface area contributed by atoms with Gasteiger partial charge in [0.15, 0.2) is 17.5 Å². The third kappa shape index (κ3) is 4.22. The highest BCUT2D eigenvalue weighted by molar-refractivity contribution is 6.13. The lowest BCUT2D eigenvalue weighted by atomic mass is 9.99. The second-order valence-corrected chi connectivity index (χ2v) is 10.5. The summed E-state index contributed by atoms with van der Waals surface area (Å²) < 4.78 is 176. The third-order valence-corrected chi connectivity index (χ3v) is 7.77. The second-order valence-electron chi connectivity index (χ2n) is 10.5. The van der Waals surface area contributed by atoms with E-state index in [1.54, 1.807) is 0 Å². The Labute approximate surface area is 301 Å². The van der Waals surface area contributed by atoms with Crippen molar-refractivity contribution in [1.29, 1.82) is 0 Å². The number of hydrogen-bond donors (Lipinski definition) is 0. The van der Waals surface area contributed by atoms with Crippen LogP contribution in [-0.2, 0) is 0 Å². The van der Waals surface area contributed by atoms with Crippen molar-refractivity contribution in [2.75, 3.05) is 0 Å². The van der Waals surface area contributed by atoms with Gasteiger partial charge in [0.1, 0.15) is 22.3 Å². The number of nitrogens with zero attached hydrogens (tertiary/aromatic N) is 3. The highest BCUT2D eigenvalue weighted by Gasteiger charge is 2.20. The van der Waals surface area contributed by atoms with Crippen LogP contribution < -0.4 is 0 Å². The lowest BCUT2D eigenvalue weighted by molar-refractivity contribution is 0.668. The Balaban J connectivity index is 1.29. The van der Waals surface area contributed by atoms with Gasteiger partial charge in [-0.05, 0) is 58.2 Å². The van der Waals surface area contributed by atoms with Gasteiger partial charge < -0.3 is 8.83 Å². The molecule has 3 heterocycles. The van der Waals surface area contributed by atoms with E-state index in [9.17, 15) is 1.37 Å². The van der Waals surface area contributed by atoms with Crippen LogP contribution in [0, 0.1) is 0 Å². The van der Waals surface area contributed by atoms with Crippen LogP contribution in [0.15, 0.2) is 160 Å². The van der Waals surface area contributed by atoms with Crippen LogP contribution in [0.25, 0.3) is 99.9 Å². The first kappa shape index (κ1) is 14.0. The minimum absolute atomic E-state index is 0.0377. The van der Waals surface area contributed by atoms with Gasteiger partial charge in [-0.2, -0.15) is 0 Å². The summed E-state index contributed by atoms with van der Waals surface area (Å²) in [5, 5.41) is -0.707. The molecule has 48 heavy (non-hydrogen) atoms. The fraction of sp³-hybridized carbons (Fsp3) is 0. The van der Waals surface area contributed by atoms with E-state index in [-0.39, 0.29) is 118 Å². The average Bonchev–Trinajstić information content (AvgIpc) is 3.90. The molecule has 10 aromatic rings. The minimum Gasteiger partial charge on any atom is -0.456 e. The molecular formula is C43H25N3O2. The second kappa shape index (κ2) is 10.5. The molecule has 5 heteroatoms. The van der Waals surface area contributed by atoms with E-state index in [1.165, 1.54) is 36.4 Å². The summed E-state index contributed by atoms with van der Waals surface area (Å²) in [6.07, 6.45) is 0. The number of aromatic nitrogens is 3. The summed E-state index contributed by atoms with van der Waals surface area (Å²) in [7, 11) is 0. The van der Waals surface area contributed by atoms with Crippen LogP contribution in [0.4, 0.5) is 0 Å². The molecular weight excluding hydrogens is 590 g/mol. The first-order valence-corrected chi connectivity index (χ1v) is 14.4. The Morgan fingerprint density at radius 2 is 1.15 bits per heavy atom. The molecule has 0 aliphatic heterocycles. The van der Waals surface area contributed by atoms with Crippen molar-refractivity contribution in [3.63, 3.8) is 0 Å². The van der Waals surface area contributed by atoms with Gasteiger partial charge in [-0.15, -0.1) is 0 Å². The molecule has 0 N–H and O–H groups in total. The third-order valence-electron chi connectivity index (χ3n) is 7.77. The molecule has 3 aromatic heterocycles. The predicted molar refractivity (Wildman–Crippen MR) is 194 cm³/mol. The molecule has 0 radical (unpaired) electrons. The SMILES string of the molecule is [2H]c1cc(-c2nc(-c3ccc([2H])c4oc5c([2H])c(-c6c([2H])c([2H])c7c([2H])c([2H])c([2H])c([2H])c7c6[2H])ccc5c34)nc(-c3c([2H])c([2H])c([2H])c4oc5c([2H])c([2H])c([2H])c([2H])c5c34)n2)cc([2H])c1[2H]. The fourth-order valence-corrected chi connectivity index (χ4v) is 5.63. The Bertz CT molecular complexity index is 3920. The average molecular weight is 635 g/mol. The zero-order chi connectivity index (χ0) is 48.1. The fourth-order valence-electron chi connectivity index (χ4n) is 5.63. The Morgan fingerprint density at radius 1 is 0.417 bits per heavy atom. The number of furan rings is 2. The zero-order valence-electron chi connectivity index (χ0n) is 43.1. The van der Waals surface area contributed by atoms with Gasteiger partial charge in [-0.25, -0.2) is 15.0 Å². The molecule has 0 saturated heterocycles. The van der Waals surface area contributed by atoms with Crippen molar-refractivity contribution < 1.29 is 34.9 Å². The van der Waals surface area contributed by atoms with Gasteiger partial charge >= 0.3 is 0 Å². The minimum atomic E-state index is -0.669. The summed E-state index contributed by atoms with van der Waals surface area (Å²) in [5.41, 5.74) is -1.49. The van der Waals surface area contributed by atoms with Gasteiger partial charge in [0.25, 0.3) is 0 Å². The smallest absolute Gasteiger partial charge is 0.164 e. The van der Waals surface area contributed by atoms with Crippen molar-refractivity contribution in [3.8, 4) is 45.3 Å². The molecule has 0 atom stereocenters. The van der Waals surface area contributed by atoms with Gasteiger partial charge in [-0.1, -0.05) is 115 Å². The van der Waals surface area contributed by atoms with Crippen LogP contribution in [0.2, 0.25) is 0 Å². The number of rotatable bonds is 4. The molecule has 0 fully saturated rings. The van der Waals surface area contributed by atoms with E-state index in [4.69, 9.17) is 43.5 Å². The highest BCUT2D eigenvalue weighted by Crippen LogP contribution is 2.40. The molecule has 7 aromatic carbocycles. The van der Waals surface area contributed by atoms with Crippen LogP contribution in [0.3, 0.4) is 0 Å². The Hall–Kier alpha value is -6.59. The van der Waals surface area contributed by atoms with E-state index in [2.05, 4.69) is 4.98 Å². The Morgan fingerprint density at radius 3 is 2.06 bits per heavy atom. The first-order valence-electron chi connectivity index (χ1n) is 23.9. The van der Waals surface area contributed by atoms with Gasteiger partial charge in [0.2, 0.25) is 0 Å². The maximum atomic E-state index is 9.36. The van der Waals surface area contributed by atoms with Crippen molar-refractivity contribution in [3.05, 3.63) is 151 Å². The topological polar surface area (TPSA) is 65.0 Å². The summed E-state index contributed by atoms with van der Waals surface area (Å²) in [5.74, 6) is -0.807. The molecule has 0 saturated carbocycles. The van der Waals surface area contributed by atoms with Crippen molar-refractivity contribution >= 4 is 54.6 Å². The van der Waals surface area contributed by atoms with Gasteiger partial charge in [0, 0.05) is 38.2 Å². The van der Waals surface area contributed by atoms with Crippen LogP contribution in [-0.4, -0.2) is 15.0 Å². The number of benzene rings is 7. The number of fused-ring (bicyclic) bond motifs is 7. The molecule has 0 aliphatic carbocycles. The van der Waals surface area contributed by atoms with Crippen LogP contribution in [0.1, 0.15) is 26.0 Å². The van der Waals surface area contributed by atoms with Crippen molar-refractivity contribution in [2.45, 2.75) is 0 Å². The molecule has 0 amide bonds. The summed E-state index contributed by atoms with van der Waals surface area (Å²) in [4.78, 5) is 14.0. The molecule has 0 spiro atoms. The quantitative estimate of drug-likeness (QED) is 0.193. The molecule has 5 nitrogen and oxygen atoms in total. The van der Waals surface area contributed by atoms with Crippen molar-refractivity contribution in [1.82, 2.24) is 15.0 Å². The van der Waals surface area contributed by atoms with Gasteiger partial charge in [-0.3, -0.25) is 0 Å². The van der Waals surface area contributed by atoms with Crippen molar-refractivity contribution in [2.24, 2.45) is 0 Å². The monoisotopic (exact) mass is 634 g/mol. The molecule has 0 aliphatic rings. The lowest BCUT2D eigenvalue weighted by Gasteiger charge is -2.10. The lowest BCUT2D eigenvalue weighted by Crippen LogP contribution is -2.00. The summed E-state index contributed by atoms with van der Waals surface area (Å²) in [6.45, 7) is 0. The van der Waals surface area contributed by atoms with E-state index < -0.39 is 96.7 Å². The Kier molecular flexibility index (Phi) is 3.06. The van der Waals surface area contributed by atoms with E-state index in [1.807, 2.05) is 0 Å². The largest absolute Gasteiger partial charge is 0.456 e. The number of para-hydroxylation sites is 1. The molecule has 10 rings (SSSR count). The molecule has 0 unspecified atom stereocenters. The maximum absolute atomic E-state index is 9.36. The van der Waals surface area contributed by atoms with E-state index in [0.717, 1.165) is 0 Å². The van der Waals surface area contributed by atoms with Gasteiger partial charge in [0.05, 0.1) is 26.0 Å². The standard InChI is InChI=1S/C43H25N3O2/c1-2-11-27(12-3-1)41-44-42(33-15-8-18-36-39(33)31-14-6-7-17-35(31)47-36)46-43(45-41)34-16-9-19-37-40(34)32-23-22-30(25-38(32)48-37)29-21-20-26-10-4-5-13-28(26)24-29/h1-25H/i1D,2D,3D,4D,5D,6D,7D,8D,10D,13D,14D,15D,17D,18D,19D,20D,21D,24D,25D. The predicted octanol–water partition coefficient (Wildman–Crippen LogP) is 11.5. The van der Waals surface area contributed by atoms with E-state index >= 15 is 0 Å². The number of hydrogen-bond acceptors (Lipinski definition) is 5. The first-order chi connectivity index (χ1) is 31.7. The maximum Gasteiger partial charge on any atom is 0.164 e. The molecule has 224 valence electrons. The highest BCUT2D eigenvalue weighted by atomic mass is 16.3. The molecule has 0 bridgehead atoms. The van der Waals surface area contributed by atoms with Crippen LogP contribution in [0.5, 0.6) is 0 Å². The zero-order valence-corrected chi connectivity index (χ0v) is 24.1. The normalized spacial score (nSPS) is 17.3. The summed E-state index contributed by atoms with van der Waals surface area (Å²) in [6, 6.07) is -2.15. The summed E-state index contributed by atoms with van der Waals surface area (Å²) >= 11 is 0.